The summed E-state index contributed by atoms with van der Waals surface area (Å²) in [5.74, 6) is 0. The van der Waals surface area contributed by atoms with Crippen LogP contribution in [-0.2, 0) is 14.2 Å². The van der Waals surface area contributed by atoms with E-state index in [-0.39, 0.29) is 0 Å². The minimum absolute atomic E-state index is 0.404. The zero-order chi connectivity index (χ0) is 12.2. The largest absolute Gasteiger partial charge is 0.382 e. The van der Waals surface area contributed by atoms with E-state index in [9.17, 15) is 0 Å². The van der Waals surface area contributed by atoms with Gasteiger partial charge in [0.2, 0.25) is 0 Å². The molecule has 0 rings (SSSR count). The van der Waals surface area contributed by atoms with Crippen LogP contribution in [0.2, 0.25) is 0 Å². The molecule has 0 saturated heterocycles. The molecule has 0 saturated carbocycles. The molecule has 0 spiro atoms. The molecule has 0 aliphatic heterocycles. The van der Waals surface area contributed by atoms with Gasteiger partial charge in [0.25, 0.3) is 0 Å². The molecule has 0 aliphatic carbocycles. The van der Waals surface area contributed by atoms with Gasteiger partial charge in [-0.15, -0.1) is 0 Å². The molecule has 1 unspecified atom stereocenters. The van der Waals surface area contributed by atoms with Crippen LogP contribution in [0, 0.1) is 0 Å². The third-order valence-electron chi connectivity index (χ3n) is 2.49. The third-order valence-corrected chi connectivity index (χ3v) is 2.49. The van der Waals surface area contributed by atoms with E-state index in [4.69, 9.17) is 19.9 Å². The zero-order valence-corrected chi connectivity index (χ0v) is 10.8. The first-order valence-electron chi connectivity index (χ1n) is 5.77. The first-order chi connectivity index (χ1) is 7.72. The molecule has 0 aromatic rings. The maximum absolute atomic E-state index is 5.56. The number of ether oxygens (including phenoxy) is 3. The molecule has 1 atom stereocenters. The minimum atomic E-state index is 0.404. The molecule has 0 fully saturated rings. The Balaban J connectivity index is 3.14. The van der Waals surface area contributed by atoms with Crippen molar-refractivity contribution in [1.29, 1.82) is 0 Å². The Labute approximate surface area is 98.8 Å². The predicted octanol–water partition coefficient (Wildman–Crippen LogP) is -0.0550. The molecule has 5 heteroatoms. The summed E-state index contributed by atoms with van der Waals surface area (Å²) in [5, 5.41) is 0. The van der Waals surface area contributed by atoms with Crippen LogP contribution in [0.15, 0.2) is 0 Å². The van der Waals surface area contributed by atoms with Crippen LogP contribution in [0.3, 0.4) is 0 Å². The Kier molecular flexibility index (Phi) is 11.1. The smallest absolute Gasteiger partial charge is 0.0701 e. The van der Waals surface area contributed by atoms with Gasteiger partial charge >= 0.3 is 0 Å². The van der Waals surface area contributed by atoms with Crippen molar-refractivity contribution in [3.8, 4) is 0 Å². The average molecular weight is 234 g/mol. The van der Waals surface area contributed by atoms with Crippen LogP contribution >= 0.6 is 0 Å². The molecule has 0 aromatic carbocycles. The van der Waals surface area contributed by atoms with Crippen molar-refractivity contribution in [2.24, 2.45) is 5.73 Å². The molecule has 98 valence electrons. The van der Waals surface area contributed by atoms with Crippen molar-refractivity contribution in [2.45, 2.75) is 13.0 Å². The number of hydrogen-bond donors (Lipinski definition) is 1. The predicted molar refractivity (Wildman–Crippen MR) is 64.7 cm³/mol. The number of nitrogens with two attached hydrogens (primary N) is 1. The zero-order valence-electron chi connectivity index (χ0n) is 10.8. The Morgan fingerprint density at radius 1 is 1.06 bits per heavy atom. The van der Waals surface area contributed by atoms with Crippen molar-refractivity contribution < 1.29 is 14.2 Å². The summed E-state index contributed by atoms with van der Waals surface area (Å²) in [7, 11) is 3.71. The highest BCUT2D eigenvalue weighted by atomic mass is 16.5. The lowest BCUT2D eigenvalue weighted by atomic mass is 10.3. The second kappa shape index (κ2) is 11.3. The van der Waals surface area contributed by atoms with Crippen LogP contribution < -0.4 is 5.73 Å². The lowest BCUT2D eigenvalue weighted by molar-refractivity contribution is 0.0192. The number of hydrogen-bond acceptors (Lipinski definition) is 5. The van der Waals surface area contributed by atoms with Crippen molar-refractivity contribution in [2.75, 3.05) is 60.3 Å². The summed E-state index contributed by atoms with van der Waals surface area (Å²) in [4.78, 5) is 2.19. The molecule has 0 amide bonds. The Morgan fingerprint density at radius 2 is 1.62 bits per heavy atom. The maximum atomic E-state index is 5.56. The minimum Gasteiger partial charge on any atom is -0.382 e. The van der Waals surface area contributed by atoms with E-state index in [1.807, 2.05) is 0 Å². The summed E-state index contributed by atoms with van der Waals surface area (Å²) in [6.45, 7) is 6.92. The highest BCUT2D eigenvalue weighted by Crippen LogP contribution is 1.92. The molecule has 0 heterocycles. The van der Waals surface area contributed by atoms with Gasteiger partial charge in [-0.1, -0.05) is 0 Å². The van der Waals surface area contributed by atoms with Gasteiger partial charge in [-0.05, 0) is 14.0 Å². The van der Waals surface area contributed by atoms with E-state index < -0.39 is 0 Å². The average Bonchev–Trinajstić information content (AvgIpc) is 2.31. The normalized spacial score (nSPS) is 13.3. The van der Waals surface area contributed by atoms with Crippen molar-refractivity contribution in [3.05, 3.63) is 0 Å². The van der Waals surface area contributed by atoms with Crippen LogP contribution in [0.1, 0.15) is 6.92 Å². The molecule has 2 N–H and O–H groups in total. The SMILES string of the molecule is COCCOCCOCCN(C)C(C)CN. The van der Waals surface area contributed by atoms with Crippen molar-refractivity contribution in [3.63, 3.8) is 0 Å². The van der Waals surface area contributed by atoms with Crippen LogP contribution in [0.5, 0.6) is 0 Å². The summed E-state index contributed by atoms with van der Waals surface area (Å²) in [6, 6.07) is 0.404. The van der Waals surface area contributed by atoms with Gasteiger partial charge in [0.15, 0.2) is 0 Å². The van der Waals surface area contributed by atoms with Crippen molar-refractivity contribution >= 4 is 0 Å². The van der Waals surface area contributed by atoms with Gasteiger partial charge in [0.1, 0.15) is 0 Å². The van der Waals surface area contributed by atoms with Gasteiger partial charge in [0, 0.05) is 26.2 Å². The fourth-order valence-electron chi connectivity index (χ4n) is 1.07. The lowest BCUT2D eigenvalue weighted by Crippen LogP contribution is -2.37. The molecular formula is C11H26N2O3. The van der Waals surface area contributed by atoms with E-state index >= 15 is 0 Å². The van der Waals surface area contributed by atoms with Crippen LogP contribution in [0.4, 0.5) is 0 Å². The van der Waals surface area contributed by atoms with E-state index in [0.29, 0.717) is 45.6 Å². The Hall–Kier alpha value is -0.200. The topological polar surface area (TPSA) is 57.0 Å². The number of nitrogens with zero attached hydrogens (tertiary/aromatic N) is 1. The quantitative estimate of drug-likeness (QED) is 0.508. The van der Waals surface area contributed by atoms with Gasteiger partial charge in [-0.3, -0.25) is 0 Å². The van der Waals surface area contributed by atoms with Gasteiger partial charge in [0.05, 0.1) is 33.0 Å². The maximum Gasteiger partial charge on any atom is 0.0701 e. The summed E-state index contributed by atoms with van der Waals surface area (Å²) < 4.78 is 15.6. The highest BCUT2D eigenvalue weighted by Gasteiger charge is 2.05. The van der Waals surface area contributed by atoms with Gasteiger partial charge < -0.3 is 24.8 Å². The second-order valence-electron chi connectivity index (χ2n) is 3.78. The second-order valence-corrected chi connectivity index (χ2v) is 3.78. The van der Waals surface area contributed by atoms with E-state index in [0.717, 1.165) is 6.54 Å². The summed E-state index contributed by atoms with van der Waals surface area (Å²) in [5.41, 5.74) is 5.56. The van der Waals surface area contributed by atoms with Crippen LogP contribution in [-0.4, -0.2) is 71.2 Å². The van der Waals surface area contributed by atoms with Crippen LogP contribution in [0.25, 0.3) is 0 Å². The lowest BCUT2D eigenvalue weighted by Gasteiger charge is -2.22. The Bertz CT molecular complexity index is 147. The van der Waals surface area contributed by atoms with Gasteiger partial charge in [-0.25, -0.2) is 0 Å². The van der Waals surface area contributed by atoms with Gasteiger partial charge in [-0.2, -0.15) is 0 Å². The first-order valence-corrected chi connectivity index (χ1v) is 5.77. The summed E-state index contributed by atoms with van der Waals surface area (Å²) >= 11 is 0. The third kappa shape index (κ3) is 9.06. The number of methoxy groups -OCH3 is 1. The number of rotatable bonds is 11. The number of likely N-dealkylation sites (N-methyl/N-ethyl adjacent to an activating group) is 1. The molecule has 5 nitrogen and oxygen atoms in total. The molecule has 0 radical (unpaired) electrons. The van der Waals surface area contributed by atoms with E-state index in [1.165, 1.54) is 0 Å². The fraction of sp³-hybridized carbons (Fsp3) is 1.00. The molecular weight excluding hydrogens is 208 g/mol. The monoisotopic (exact) mass is 234 g/mol. The van der Waals surface area contributed by atoms with Crippen molar-refractivity contribution in [1.82, 2.24) is 4.90 Å². The fourth-order valence-corrected chi connectivity index (χ4v) is 1.07. The first kappa shape index (κ1) is 15.8. The molecule has 16 heavy (non-hydrogen) atoms. The van der Waals surface area contributed by atoms with E-state index in [2.05, 4.69) is 18.9 Å². The standard InChI is InChI=1S/C11H26N2O3/c1-11(10-12)13(2)4-5-15-8-9-16-7-6-14-3/h11H,4-10,12H2,1-3H3. The highest BCUT2D eigenvalue weighted by molar-refractivity contribution is 4.62. The Morgan fingerprint density at radius 3 is 2.19 bits per heavy atom. The summed E-state index contributed by atoms with van der Waals surface area (Å²) in [6.07, 6.45) is 0. The molecule has 0 aromatic heterocycles. The van der Waals surface area contributed by atoms with E-state index in [1.54, 1.807) is 7.11 Å². The molecule has 0 bridgehead atoms. The molecule has 0 aliphatic rings.